The van der Waals surface area contributed by atoms with Crippen LogP contribution in [-0.2, 0) is 0 Å². The first-order chi connectivity index (χ1) is 12.1. The first-order valence-corrected chi connectivity index (χ1v) is 8.05. The third kappa shape index (κ3) is 2.81. The van der Waals surface area contributed by atoms with Crippen molar-refractivity contribution in [1.29, 1.82) is 0 Å². The van der Waals surface area contributed by atoms with Gasteiger partial charge in [-0.3, -0.25) is 10.1 Å². The zero-order valence-corrected chi connectivity index (χ0v) is 13.7. The van der Waals surface area contributed by atoms with Crippen LogP contribution in [0.25, 0.3) is 32.9 Å². The minimum Gasteiger partial charge on any atom is -0.397 e. The fourth-order valence-electron chi connectivity index (χ4n) is 2.26. The van der Waals surface area contributed by atoms with Gasteiger partial charge in [0.2, 0.25) is 5.82 Å². The summed E-state index contributed by atoms with van der Waals surface area (Å²) < 4.78 is 10.4. The first-order valence-electron chi connectivity index (χ1n) is 7.23. The van der Waals surface area contributed by atoms with Gasteiger partial charge in [0, 0.05) is 5.56 Å². The molecule has 124 valence electrons. The quantitative estimate of drug-likeness (QED) is 0.396. The van der Waals surface area contributed by atoms with Gasteiger partial charge in [0.05, 0.1) is 11.8 Å². The summed E-state index contributed by atoms with van der Waals surface area (Å²) in [6.45, 7) is 1.86. The Morgan fingerprint density at radius 3 is 2.64 bits per heavy atom. The van der Waals surface area contributed by atoms with Gasteiger partial charge in [0.15, 0.2) is 5.76 Å². The van der Waals surface area contributed by atoms with Crippen LogP contribution < -0.4 is 0 Å². The Labute approximate surface area is 144 Å². The van der Waals surface area contributed by atoms with Gasteiger partial charge in [-0.2, -0.15) is 4.98 Å². The van der Waals surface area contributed by atoms with E-state index in [0.717, 1.165) is 21.1 Å². The Morgan fingerprint density at radius 2 is 1.92 bits per heavy atom. The average molecular weight is 354 g/mol. The van der Waals surface area contributed by atoms with Crippen molar-refractivity contribution >= 4 is 17.2 Å². The van der Waals surface area contributed by atoms with Gasteiger partial charge in [-0.1, -0.05) is 35.5 Å². The van der Waals surface area contributed by atoms with Gasteiger partial charge in [-0.15, -0.1) is 11.3 Å². The van der Waals surface area contributed by atoms with Crippen LogP contribution in [0.15, 0.2) is 51.4 Å². The maximum Gasteiger partial charge on any atom is 0.433 e. The van der Waals surface area contributed by atoms with Gasteiger partial charge in [-0.05, 0) is 13.0 Å². The van der Waals surface area contributed by atoms with Crippen LogP contribution in [0.4, 0.5) is 5.88 Å². The summed E-state index contributed by atoms with van der Waals surface area (Å²) >= 11 is 1.44. The molecule has 0 atom stereocenters. The zero-order valence-electron chi connectivity index (χ0n) is 12.9. The monoisotopic (exact) mass is 354 g/mol. The van der Waals surface area contributed by atoms with E-state index in [-0.39, 0.29) is 17.5 Å². The van der Waals surface area contributed by atoms with E-state index in [0.29, 0.717) is 5.89 Å². The lowest BCUT2D eigenvalue weighted by atomic mass is 10.2. The Kier molecular flexibility index (Phi) is 3.62. The maximum absolute atomic E-state index is 10.7. The summed E-state index contributed by atoms with van der Waals surface area (Å²) in [5.74, 6) is 0.247. The van der Waals surface area contributed by atoms with E-state index in [1.807, 2.05) is 37.3 Å². The van der Waals surface area contributed by atoms with E-state index in [9.17, 15) is 10.1 Å². The van der Waals surface area contributed by atoms with Crippen molar-refractivity contribution in [2.24, 2.45) is 0 Å². The Morgan fingerprint density at radius 1 is 1.12 bits per heavy atom. The Balaban J connectivity index is 1.68. The molecule has 0 aliphatic rings. The summed E-state index contributed by atoms with van der Waals surface area (Å²) in [7, 11) is 0. The van der Waals surface area contributed by atoms with Crippen molar-refractivity contribution in [2.45, 2.75) is 6.92 Å². The second kappa shape index (κ2) is 5.95. The topological polar surface area (TPSA) is 108 Å². The molecule has 4 aromatic rings. The van der Waals surface area contributed by atoms with Gasteiger partial charge in [0.1, 0.15) is 14.8 Å². The molecule has 0 bridgehead atoms. The van der Waals surface area contributed by atoms with Crippen LogP contribution in [0.5, 0.6) is 0 Å². The van der Waals surface area contributed by atoms with E-state index in [2.05, 4.69) is 15.1 Å². The molecule has 0 fully saturated rings. The highest BCUT2D eigenvalue weighted by Crippen LogP contribution is 2.35. The summed E-state index contributed by atoms with van der Waals surface area (Å²) in [5, 5.41) is 15.4. The number of aryl methyl sites for hydroxylation is 1. The van der Waals surface area contributed by atoms with Crippen LogP contribution in [-0.4, -0.2) is 20.0 Å². The van der Waals surface area contributed by atoms with Gasteiger partial charge in [0.25, 0.3) is 5.89 Å². The van der Waals surface area contributed by atoms with Crippen LogP contribution in [0.2, 0.25) is 0 Å². The van der Waals surface area contributed by atoms with Crippen molar-refractivity contribution in [3.63, 3.8) is 0 Å². The fraction of sp³-hybridized carbons (Fsp3) is 0.0625. The van der Waals surface area contributed by atoms with Crippen molar-refractivity contribution in [2.75, 3.05) is 0 Å². The first kappa shape index (κ1) is 15.2. The molecule has 0 aliphatic carbocycles. The number of aromatic nitrogens is 3. The number of nitro groups is 1. The molecule has 0 saturated heterocycles. The van der Waals surface area contributed by atoms with Gasteiger partial charge < -0.3 is 8.94 Å². The van der Waals surface area contributed by atoms with E-state index in [1.165, 1.54) is 23.5 Å². The minimum absolute atomic E-state index is 0.150. The highest BCUT2D eigenvalue weighted by atomic mass is 32.1. The summed E-state index contributed by atoms with van der Waals surface area (Å²) in [5.41, 5.74) is 1.77. The molecule has 3 aromatic heterocycles. The lowest BCUT2D eigenvalue weighted by Crippen LogP contribution is -1.83. The fourth-order valence-corrected chi connectivity index (χ4v) is 3.25. The standard InChI is InChI=1S/C16H10N4O4S/c1-9-13(25-16(17-9)10-5-3-2-4-6-10)15-18-14(19-24-15)11-7-8-12(23-11)20(21)22/h2-8H,1H3. The molecule has 0 N–H and O–H groups in total. The van der Waals surface area contributed by atoms with Crippen molar-refractivity contribution < 1.29 is 13.9 Å². The van der Waals surface area contributed by atoms with E-state index in [1.54, 1.807) is 0 Å². The van der Waals surface area contributed by atoms with Crippen molar-refractivity contribution in [1.82, 2.24) is 15.1 Å². The molecule has 1 aromatic carbocycles. The molecule has 0 amide bonds. The van der Waals surface area contributed by atoms with Gasteiger partial charge in [-0.25, -0.2) is 4.98 Å². The smallest absolute Gasteiger partial charge is 0.397 e. The summed E-state index contributed by atoms with van der Waals surface area (Å²) in [6.07, 6.45) is 0. The number of rotatable bonds is 4. The molecule has 8 nitrogen and oxygen atoms in total. The summed E-state index contributed by atoms with van der Waals surface area (Å²) in [4.78, 5) is 19.6. The number of benzene rings is 1. The molecule has 0 unspecified atom stereocenters. The Bertz CT molecular complexity index is 1050. The number of hydrogen-bond donors (Lipinski definition) is 0. The number of hydrogen-bond acceptors (Lipinski definition) is 8. The third-order valence-electron chi connectivity index (χ3n) is 3.43. The Hall–Kier alpha value is -3.33. The molecule has 4 rings (SSSR count). The molecular formula is C16H10N4O4S. The molecule has 25 heavy (non-hydrogen) atoms. The third-order valence-corrected chi connectivity index (χ3v) is 4.62. The summed E-state index contributed by atoms with van der Waals surface area (Å²) in [6, 6.07) is 12.5. The second-order valence-corrected chi connectivity index (χ2v) is 6.12. The molecule has 0 saturated carbocycles. The number of furan rings is 1. The minimum atomic E-state index is -0.621. The van der Waals surface area contributed by atoms with Crippen LogP contribution in [0.3, 0.4) is 0 Å². The van der Waals surface area contributed by atoms with E-state index in [4.69, 9.17) is 8.94 Å². The largest absolute Gasteiger partial charge is 0.433 e. The van der Waals surface area contributed by atoms with Crippen LogP contribution in [0.1, 0.15) is 5.69 Å². The zero-order chi connectivity index (χ0) is 17.4. The molecule has 9 heteroatoms. The van der Waals surface area contributed by atoms with E-state index < -0.39 is 4.92 Å². The predicted molar refractivity (Wildman–Crippen MR) is 89.9 cm³/mol. The SMILES string of the molecule is Cc1nc(-c2ccccc2)sc1-c1nc(-c2ccc([N+](=O)[O-])o2)no1. The molecule has 0 radical (unpaired) electrons. The number of thiazole rings is 1. The average Bonchev–Trinajstić information content (AvgIpc) is 3.34. The van der Waals surface area contributed by atoms with Gasteiger partial charge >= 0.3 is 5.88 Å². The highest BCUT2D eigenvalue weighted by Gasteiger charge is 2.21. The van der Waals surface area contributed by atoms with Crippen molar-refractivity contribution in [3.05, 3.63) is 58.3 Å². The second-order valence-electron chi connectivity index (χ2n) is 5.12. The van der Waals surface area contributed by atoms with E-state index >= 15 is 0 Å². The highest BCUT2D eigenvalue weighted by molar-refractivity contribution is 7.18. The van der Waals surface area contributed by atoms with Crippen LogP contribution in [0, 0.1) is 17.0 Å². The normalized spacial score (nSPS) is 10.9. The molecule has 3 heterocycles. The maximum atomic E-state index is 10.7. The molecule has 0 spiro atoms. The van der Waals surface area contributed by atoms with Crippen LogP contribution >= 0.6 is 11.3 Å². The van der Waals surface area contributed by atoms with Crippen molar-refractivity contribution in [3.8, 4) is 32.9 Å². The lowest BCUT2D eigenvalue weighted by molar-refractivity contribution is -0.401. The number of nitrogens with zero attached hydrogens (tertiary/aromatic N) is 4. The lowest BCUT2D eigenvalue weighted by Gasteiger charge is -1.92. The molecular weight excluding hydrogens is 344 g/mol. The molecule has 0 aliphatic heterocycles. The predicted octanol–water partition coefficient (Wildman–Crippen LogP) is 4.34.